The van der Waals surface area contributed by atoms with Gasteiger partial charge in [0.05, 0.1) is 12.8 Å². The summed E-state index contributed by atoms with van der Waals surface area (Å²) in [5, 5.41) is 6.42. The Morgan fingerprint density at radius 1 is 1.43 bits per heavy atom. The van der Waals surface area contributed by atoms with Crippen LogP contribution in [0.1, 0.15) is 27.2 Å². The molecule has 1 amide bonds. The Balaban J connectivity index is 2.22. The summed E-state index contributed by atoms with van der Waals surface area (Å²) < 4.78 is 5.43. The molecule has 1 aromatic carbocycles. The second-order valence-corrected chi connectivity index (χ2v) is 7.26. The highest BCUT2D eigenvalue weighted by atomic mass is 32.2. The van der Waals surface area contributed by atoms with Crippen LogP contribution < -0.4 is 15.4 Å². The van der Waals surface area contributed by atoms with Crippen molar-refractivity contribution in [1.82, 2.24) is 0 Å². The molecule has 0 bridgehead atoms. The van der Waals surface area contributed by atoms with Crippen LogP contribution in [0, 0.1) is 5.41 Å². The molecular formula is C16H24N2O2S. The number of carbonyl (C=O) groups excluding carboxylic acids is 1. The molecule has 21 heavy (non-hydrogen) atoms. The number of benzene rings is 1. The molecule has 1 unspecified atom stereocenters. The number of thioether (sulfide) groups is 1. The predicted molar refractivity (Wildman–Crippen MR) is 90.4 cm³/mol. The monoisotopic (exact) mass is 308 g/mol. The van der Waals surface area contributed by atoms with Gasteiger partial charge in [-0.05, 0) is 35.8 Å². The van der Waals surface area contributed by atoms with Crippen LogP contribution in [0.15, 0.2) is 18.2 Å². The van der Waals surface area contributed by atoms with Crippen molar-refractivity contribution >= 4 is 29.0 Å². The smallest absolute Gasteiger partial charge is 0.221 e. The van der Waals surface area contributed by atoms with Crippen molar-refractivity contribution < 1.29 is 9.53 Å². The van der Waals surface area contributed by atoms with Crippen molar-refractivity contribution in [3.8, 4) is 5.75 Å². The van der Waals surface area contributed by atoms with Crippen LogP contribution in [-0.4, -0.2) is 30.6 Å². The van der Waals surface area contributed by atoms with Gasteiger partial charge in [-0.15, -0.1) is 0 Å². The number of hydrogen-bond donors (Lipinski definition) is 2. The lowest BCUT2D eigenvalue weighted by atomic mass is 9.82. The lowest BCUT2D eigenvalue weighted by molar-refractivity contribution is -0.114. The number of anilines is 2. The zero-order chi connectivity index (χ0) is 15.5. The maximum absolute atomic E-state index is 11.2. The van der Waals surface area contributed by atoms with Gasteiger partial charge in [-0.25, -0.2) is 0 Å². The molecule has 1 aliphatic rings. The first-order valence-electron chi connectivity index (χ1n) is 7.22. The molecule has 116 valence electrons. The Kier molecular flexibility index (Phi) is 5.04. The van der Waals surface area contributed by atoms with E-state index in [1.165, 1.54) is 19.1 Å². The van der Waals surface area contributed by atoms with Crippen LogP contribution in [0.2, 0.25) is 0 Å². The number of ether oxygens (including phenoxy) is 1. The highest BCUT2D eigenvalue weighted by molar-refractivity contribution is 7.99. The predicted octanol–water partition coefficient (Wildman–Crippen LogP) is 3.60. The minimum atomic E-state index is -0.0698. The number of rotatable bonds is 4. The molecule has 2 rings (SSSR count). The van der Waals surface area contributed by atoms with Gasteiger partial charge in [0, 0.05) is 24.4 Å². The molecule has 0 saturated carbocycles. The number of nitrogens with one attached hydrogen (secondary N) is 2. The van der Waals surface area contributed by atoms with Crippen LogP contribution in [0.5, 0.6) is 5.75 Å². The molecule has 0 aromatic heterocycles. The van der Waals surface area contributed by atoms with Gasteiger partial charge < -0.3 is 15.4 Å². The fourth-order valence-electron chi connectivity index (χ4n) is 2.46. The van der Waals surface area contributed by atoms with E-state index in [9.17, 15) is 4.79 Å². The van der Waals surface area contributed by atoms with E-state index in [2.05, 4.69) is 24.5 Å². The third kappa shape index (κ3) is 4.06. The van der Waals surface area contributed by atoms with Gasteiger partial charge >= 0.3 is 0 Å². The van der Waals surface area contributed by atoms with Crippen LogP contribution in [0.25, 0.3) is 0 Å². The second-order valence-electron chi connectivity index (χ2n) is 6.11. The molecule has 0 radical (unpaired) electrons. The normalized spacial score (nSPS) is 20.7. The van der Waals surface area contributed by atoms with Gasteiger partial charge in [0.1, 0.15) is 5.75 Å². The fourth-order valence-corrected chi connectivity index (χ4v) is 4.07. The Morgan fingerprint density at radius 3 is 2.81 bits per heavy atom. The average molecular weight is 308 g/mol. The topological polar surface area (TPSA) is 50.4 Å². The molecule has 4 nitrogen and oxygen atoms in total. The van der Waals surface area contributed by atoms with E-state index in [0.29, 0.717) is 6.04 Å². The fraction of sp³-hybridized carbons (Fsp3) is 0.562. The first kappa shape index (κ1) is 16.0. The molecule has 2 N–H and O–H groups in total. The van der Waals surface area contributed by atoms with Crippen molar-refractivity contribution in [3.63, 3.8) is 0 Å². The summed E-state index contributed by atoms with van der Waals surface area (Å²) in [4.78, 5) is 11.2. The Morgan fingerprint density at radius 2 is 2.19 bits per heavy atom. The van der Waals surface area contributed by atoms with Gasteiger partial charge in [0.15, 0.2) is 0 Å². The third-order valence-corrected chi connectivity index (χ3v) is 5.03. The molecule has 5 heteroatoms. The van der Waals surface area contributed by atoms with E-state index in [1.807, 2.05) is 30.0 Å². The summed E-state index contributed by atoms with van der Waals surface area (Å²) in [6, 6.07) is 6.07. The Hall–Kier alpha value is -1.36. The van der Waals surface area contributed by atoms with E-state index in [0.717, 1.165) is 22.9 Å². The van der Waals surface area contributed by atoms with Gasteiger partial charge in [0.25, 0.3) is 0 Å². The molecule has 0 aliphatic carbocycles. The van der Waals surface area contributed by atoms with E-state index in [-0.39, 0.29) is 11.3 Å². The largest absolute Gasteiger partial charge is 0.495 e. The molecular weight excluding hydrogens is 284 g/mol. The summed E-state index contributed by atoms with van der Waals surface area (Å²) in [5.74, 6) is 3.03. The number of hydrogen-bond acceptors (Lipinski definition) is 4. The molecule has 1 saturated heterocycles. The minimum Gasteiger partial charge on any atom is -0.495 e. The van der Waals surface area contributed by atoms with Crippen LogP contribution in [0.3, 0.4) is 0 Å². The van der Waals surface area contributed by atoms with Crippen molar-refractivity contribution in [3.05, 3.63) is 18.2 Å². The van der Waals surface area contributed by atoms with E-state index in [1.54, 1.807) is 7.11 Å². The maximum atomic E-state index is 11.2. The maximum Gasteiger partial charge on any atom is 0.221 e. The third-order valence-electron chi connectivity index (χ3n) is 3.97. The molecule has 1 heterocycles. The summed E-state index contributed by atoms with van der Waals surface area (Å²) in [6.07, 6.45) is 1.20. The first-order chi connectivity index (χ1) is 9.92. The molecule has 1 fully saturated rings. The van der Waals surface area contributed by atoms with Crippen LogP contribution >= 0.6 is 11.8 Å². The van der Waals surface area contributed by atoms with Crippen molar-refractivity contribution in [2.24, 2.45) is 5.41 Å². The summed E-state index contributed by atoms with van der Waals surface area (Å²) in [7, 11) is 1.67. The van der Waals surface area contributed by atoms with E-state index in [4.69, 9.17) is 4.74 Å². The average Bonchev–Trinajstić information content (AvgIpc) is 2.41. The van der Waals surface area contributed by atoms with Crippen molar-refractivity contribution in [1.29, 1.82) is 0 Å². The lowest BCUT2D eigenvalue weighted by Gasteiger charge is -2.39. The molecule has 0 spiro atoms. The van der Waals surface area contributed by atoms with Crippen LogP contribution in [0.4, 0.5) is 11.4 Å². The van der Waals surface area contributed by atoms with E-state index >= 15 is 0 Å². The van der Waals surface area contributed by atoms with Gasteiger partial charge in [-0.3, -0.25) is 4.79 Å². The molecule has 1 aliphatic heterocycles. The second kappa shape index (κ2) is 6.60. The number of methoxy groups -OCH3 is 1. The van der Waals surface area contributed by atoms with Gasteiger partial charge in [0.2, 0.25) is 5.91 Å². The van der Waals surface area contributed by atoms with Crippen molar-refractivity contribution in [2.45, 2.75) is 33.2 Å². The zero-order valence-electron chi connectivity index (χ0n) is 13.2. The van der Waals surface area contributed by atoms with Crippen LogP contribution in [-0.2, 0) is 4.79 Å². The summed E-state index contributed by atoms with van der Waals surface area (Å²) in [6.45, 7) is 6.11. The number of amides is 1. The highest BCUT2D eigenvalue weighted by Crippen LogP contribution is 2.38. The SMILES string of the molecule is COc1ccc(NC(C)=O)cc1NC1CSCCC1(C)C. The standard InChI is InChI=1S/C16H24N2O2S/c1-11(19)17-12-5-6-14(20-4)13(9-12)18-15-10-21-8-7-16(15,2)3/h5-6,9,15,18H,7-8,10H2,1-4H3,(H,17,19). The van der Waals surface area contributed by atoms with Crippen molar-refractivity contribution in [2.75, 3.05) is 29.2 Å². The lowest BCUT2D eigenvalue weighted by Crippen LogP contribution is -2.41. The highest BCUT2D eigenvalue weighted by Gasteiger charge is 2.33. The Labute approximate surface area is 131 Å². The molecule has 1 atom stereocenters. The van der Waals surface area contributed by atoms with E-state index < -0.39 is 0 Å². The Bertz CT molecular complexity index is 517. The zero-order valence-corrected chi connectivity index (χ0v) is 14.0. The first-order valence-corrected chi connectivity index (χ1v) is 8.38. The quantitative estimate of drug-likeness (QED) is 0.892. The summed E-state index contributed by atoms with van der Waals surface area (Å²) >= 11 is 1.98. The number of carbonyl (C=O) groups is 1. The van der Waals surface area contributed by atoms with Gasteiger partial charge in [-0.1, -0.05) is 13.8 Å². The van der Waals surface area contributed by atoms with Gasteiger partial charge in [-0.2, -0.15) is 11.8 Å². The summed E-state index contributed by atoms with van der Waals surface area (Å²) in [5.41, 5.74) is 1.97. The minimum absolute atomic E-state index is 0.0698. The molecule has 1 aromatic rings.